The summed E-state index contributed by atoms with van der Waals surface area (Å²) < 4.78 is 56.4. The van der Waals surface area contributed by atoms with Gasteiger partial charge in [0.1, 0.15) is 11.9 Å². The molecule has 3 aromatic rings. The number of aromatic nitrogens is 1. The monoisotopic (exact) mass is 912 g/mol. The Bertz CT molecular complexity index is 2410. The number of anilines is 4. The van der Waals surface area contributed by atoms with Gasteiger partial charge in [-0.05, 0) is 80.5 Å². The molecule has 0 radical (unpaired) electrons. The molecule has 5 saturated heterocycles. The number of halogens is 4. The third-order valence-electron chi connectivity index (χ3n) is 14.4. The Morgan fingerprint density at radius 3 is 2.05 bits per heavy atom. The molecule has 0 saturated carbocycles. The fraction of sp³-hybridized carbons (Fsp3) is 0.511. The molecule has 9 rings (SSSR count). The maximum atomic E-state index is 15.9. The molecule has 7 heterocycles. The summed E-state index contributed by atoms with van der Waals surface area (Å²) in [7, 11) is 0. The van der Waals surface area contributed by atoms with E-state index in [0.717, 1.165) is 113 Å². The molecule has 2 aromatic carbocycles. The Morgan fingerprint density at radius 2 is 1.39 bits per heavy atom. The first-order valence-corrected chi connectivity index (χ1v) is 22.8. The number of nitrogens with one attached hydrogen (secondary N) is 2. The minimum Gasteiger partial charge on any atom is -0.371 e. The minimum atomic E-state index is -4.70. The Kier molecular flexibility index (Phi) is 12.5. The van der Waals surface area contributed by atoms with Crippen LogP contribution in [0.25, 0.3) is 4.85 Å². The number of amides is 5. The lowest BCUT2D eigenvalue weighted by Gasteiger charge is -2.44. The Labute approximate surface area is 379 Å². The lowest BCUT2D eigenvalue weighted by molar-refractivity contribution is -0.137. The Hall–Kier alpha value is -6.13. The smallest absolute Gasteiger partial charge is 0.371 e. The summed E-state index contributed by atoms with van der Waals surface area (Å²) in [4.78, 5) is 83.4. The molecule has 5 amide bonds. The van der Waals surface area contributed by atoms with Gasteiger partial charge in [0.2, 0.25) is 11.8 Å². The van der Waals surface area contributed by atoms with Gasteiger partial charge in [0.05, 0.1) is 35.1 Å². The van der Waals surface area contributed by atoms with Crippen molar-refractivity contribution in [3.63, 3.8) is 0 Å². The van der Waals surface area contributed by atoms with Crippen LogP contribution in [0, 0.1) is 12.5 Å². The lowest BCUT2D eigenvalue weighted by atomic mass is 9.92. The summed E-state index contributed by atoms with van der Waals surface area (Å²) in [5.74, 6) is -2.04. The highest BCUT2D eigenvalue weighted by Crippen LogP contribution is 2.40. The van der Waals surface area contributed by atoms with E-state index in [1.807, 2.05) is 12.1 Å². The van der Waals surface area contributed by atoms with Crippen molar-refractivity contribution in [2.75, 3.05) is 92.0 Å². The van der Waals surface area contributed by atoms with Crippen LogP contribution in [0.15, 0.2) is 54.7 Å². The second kappa shape index (κ2) is 18.3. The van der Waals surface area contributed by atoms with E-state index in [9.17, 15) is 37.1 Å². The van der Waals surface area contributed by atoms with E-state index in [1.165, 1.54) is 6.07 Å². The van der Waals surface area contributed by atoms with Gasteiger partial charge in [-0.3, -0.25) is 39.1 Å². The maximum Gasteiger partial charge on any atom is 0.407 e. The van der Waals surface area contributed by atoms with Crippen LogP contribution in [-0.4, -0.2) is 139 Å². The molecule has 348 valence electrons. The summed E-state index contributed by atoms with van der Waals surface area (Å²) in [6.07, 6.45) is 0.839. The fourth-order valence-corrected chi connectivity index (χ4v) is 10.5. The largest absolute Gasteiger partial charge is 0.407 e. The van der Waals surface area contributed by atoms with Crippen LogP contribution in [0.1, 0.15) is 77.6 Å². The van der Waals surface area contributed by atoms with Gasteiger partial charge in [-0.25, -0.2) is 14.2 Å². The van der Waals surface area contributed by atoms with Crippen molar-refractivity contribution in [1.82, 2.24) is 25.0 Å². The van der Waals surface area contributed by atoms with Crippen molar-refractivity contribution in [3.05, 3.63) is 82.8 Å². The van der Waals surface area contributed by atoms with E-state index in [0.29, 0.717) is 17.5 Å². The number of rotatable bonds is 9. The molecule has 0 aliphatic carbocycles. The van der Waals surface area contributed by atoms with Crippen molar-refractivity contribution >= 4 is 58.1 Å². The predicted molar refractivity (Wildman–Crippen MR) is 237 cm³/mol. The summed E-state index contributed by atoms with van der Waals surface area (Å²) >= 11 is 0. The number of piperazine rings is 1. The van der Waals surface area contributed by atoms with Gasteiger partial charge in [0.15, 0.2) is 11.4 Å². The highest BCUT2D eigenvalue weighted by Gasteiger charge is 2.46. The van der Waals surface area contributed by atoms with Gasteiger partial charge in [-0.2, -0.15) is 13.2 Å². The van der Waals surface area contributed by atoms with Crippen LogP contribution in [0.4, 0.5) is 46.1 Å². The Balaban J connectivity index is 0.682. The second-order valence-corrected chi connectivity index (χ2v) is 18.3. The second-order valence-electron chi connectivity index (χ2n) is 18.3. The SMILES string of the molecule is [C-]#[N+]c1ccc(N2CCC(F)(C(=O)Nc3ccc(N4CCC(CN5CCN(C6CCN(c7ccc8c(c7)C(=O)N(C7CCC(=O)NC7=O)C8=O)CC6)CC5)CC4)cn3)CC2)cc1C(F)(F)F. The number of carbonyl (C=O) groups is 5. The summed E-state index contributed by atoms with van der Waals surface area (Å²) in [6, 6.07) is 11.8. The zero-order valence-electron chi connectivity index (χ0n) is 36.5. The predicted octanol–water partition coefficient (Wildman–Crippen LogP) is 5.50. The van der Waals surface area contributed by atoms with E-state index in [1.54, 1.807) is 29.3 Å². The molecule has 15 nitrogen and oxygen atoms in total. The zero-order valence-corrected chi connectivity index (χ0v) is 36.5. The van der Waals surface area contributed by atoms with E-state index in [2.05, 4.69) is 40.1 Å². The molecule has 0 spiro atoms. The number of hydrogen-bond donors (Lipinski definition) is 2. The molecule has 1 atom stereocenters. The molecule has 0 bridgehead atoms. The number of carbonyl (C=O) groups excluding carboxylic acids is 5. The van der Waals surface area contributed by atoms with Crippen molar-refractivity contribution in [2.45, 2.75) is 75.3 Å². The zero-order chi connectivity index (χ0) is 46.3. The molecule has 1 aromatic heterocycles. The molecule has 66 heavy (non-hydrogen) atoms. The van der Waals surface area contributed by atoms with Gasteiger partial charge in [0, 0.05) is 109 Å². The third kappa shape index (κ3) is 9.17. The third-order valence-corrected chi connectivity index (χ3v) is 14.4. The van der Waals surface area contributed by atoms with Crippen molar-refractivity contribution in [1.29, 1.82) is 0 Å². The quantitative estimate of drug-likeness (QED) is 0.160. The molecular weight excluding hydrogens is 861 g/mol. The molecule has 5 fully saturated rings. The van der Waals surface area contributed by atoms with Crippen molar-refractivity contribution in [2.24, 2.45) is 5.92 Å². The normalized spacial score (nSPS) is 22.6. The standard InChI is InChI=1S/C47H52F4N10O5/c1-52-38-6-3-33(27-37(38)47(49,50)51)59-20-14-46(48,15-21-59)45(66)54-40-8-4-34(28-53-40)58-16-10-30(11-17-58)29-56-22-24-60(25-23-56)31-12-18-57(19-13-31)32-2-5-35-36(26-32)44(65)61(43(35)64)39-7-9-41(62)55-42(39)63/h2-6,8,26-28,30-31,39H,7,9-25,29H2,(H,53,54,66)(H,55,62,63). The maximum absolute atomic E-state index is 15.9. The Morgan fingerprint density at radius 1 is 0.773 bits per heavy atom. The highest BCUT2D eigenvalue weighted by atomic mass is 19.4. The molecule has 2 N–H and O–H groups in total. The first-order chi connectivity index (χ1) is 31.7. The minimum absolute atomic E-state index is 0.0342. The van der Waals surface area contributed by atoms with Gasteiger partial charge < -0.3 is 24.9 Å². The highest BCUT2D eigenvalue weighted by molar-refractivity contribution is 6.23. The van der Waals surface area contributed by atoms with Gasteiger partial charge in [0.25, 0.3) is 17.7 Å². The number of alkyl halides is 4. The molecule has 6 aliphatic heterocycles. The van der Waals surface area contributed by atoms with Crippen molar-refractivity contribution < 1.29 is 41.5 Å². The number of piperidine rings is 4. The van der Waals surface area contributed by atoms with Crippen LogP contribution in [0.5, 0.6) is 0 Å². The number of pyridine rings is 1. The van der Waals surface area contributed by atoms with Crippen LogP contribution < -0.4 is 25.3 Å². The summed E-state index contributed by atoms with van der Waals surface area (Å²) in [5.41, 5.74) is -1.12. The van der Waals surface area contributed by atoms with Crippen LogP contribution >= 0.6 is 0 Å². The number of benzene rings is 2. The number of imide groups is 2. The fourth-order valence-electron chi connectivity index (χ4n) is 10.5. The average molecular weight is 913 g/mol. The van der Waals surface area contributed by atoms with Gasteiger partial charge in [-0.15, -0.1) is 0 Å². The van der Waals surface area contributed by atoms with Crippen molar-refractivity contribution in [3.8, 4) is 0 Å². The number of hydrogen-bond acceptors (Lipinski definition) is 11. The van der Waals surface area contributed by atoms with E-state index < -0.39 is 58.7 Å². The summed E-state index contributed by atoms with van der Waals surface area (Å²) in [6.45, 7) is 15.6. The van der Waals surface area contributed by atoms with Crippen LogP contribution in [0.3, 0.4) is 0 Å². The van der Waals surface area contributed by atoms with Gasteiger partial charge >= 0.3 is 6.18 Å². The first kappa shape index (κ1) is 45.0. The van der Waals surface area contributed by atoms with Crippen LogP contribution in [-0.2, 0) is 20.6 Å². The molecule has 6 aliphatic rings. The number of fused-ring (bicyclic) bond motifs is 1. The van der Waals surface area contributed by atoms with E-state index >= 15 is 4.39 Å². The summed E-state index contributed by atoms with van der Waals surface area (Å²) in [5, 5.41) is 4.83. The average Bonchev–Trinajstić information content (AvgIpc) is 3.57. The molecule has 19 heteroatoms. The molecular formula is C47H52F4N10O5. The molecule has 1 unspecified atom stereocenters. The van der Waals surface area contributed by atoms with Crippen LogP contribution in [0.2, 0.25) is 0 Å². The lowest BCUT2D eigenvalue weighted by Crippen LogP contribution is -2.54. The first-order valence-electron chi connectivity index (χ1n) is 22.8. The topological polar surface area (TPSA) is 146 Å². The van der Waals surface area contributed by atoms with E-state index in [-0.39, 0.29) is 55.8 Å². The number of nitrogens with zero attached hydrogens (tertiary/aromatic N) is 8. The van der Waals surface area contributed by atoms with E-state index in [4.69, 9.17) is 6.57 Å². The van der Waals surface area contributed by atoms with Gasteiger partial charge in [-0.1, -0.05) is 6.07 Å².